The van der Waals surface area contributed by atoms with Gasteiger partial charge in [0.15, 0.2) is 0 Å². The molecule has 122 valence electrons. The number of allylic oxidation sites excluding steroid dienone is 3. The second kappa shape index (κ2) is 5.37. The summed E-state index contributed by atoms with van der Waals surface area (Å²) in [4.78, 5) is 13.7. The lowest BCUT2D eigenvalue weighted by Crippen LogP contribution is -2.56. The molecule has 3 rings (SSSR count). The number of rotatable bonds is 2. The van der Waals surface area contributed by atoms with Gasteiger partial charge in [-0.2, -0.15) is 0 Å². The van der Waals surface area contributed by atoms with Crippen LogP contribution in [0.3, 0.4) is 0 Å². The van der Waals surface area contributed by atoms with Gasteiger partial charge < -0.3 is 10.6 Å². The lowest BCUT2D eigenvalue weighted by molar-refractivity contribution is 0.0924. The summed E-state index contributed by atoms with van der Waals surface area (Å²) in [6.07, 6.45) is 7.26. The SMILES string of the molecule is CC1=CC(F)CC(C2(N(C)C)CCC3(CC2)CNC(=O)N3)=C1. The lowest BCUT2D eigenvalue weighted by Gasteiger charge is -2.50. The highest BCUT2D eigenvalue weighted by atomic mass is 19.1. The zero-order chi connectivity index (χ0) is 16.0. The molecule has 2 aliphatic carbocycles. The number of urea groups is 1. The van der Waals surface area contributed by atoms with Crippen molar-refractivity contribution < 1.29 is 9.18 Å². The number of carbonyl (C=O) groups is 1. The molecule has 4 nitrogen and oxygen atoms in total. The molecule has 0 aromatic heterocycles. The topological polar surface area (TPSA) is 44.4 Å². The van der Waals surface area contributed by atoms with Gasteiger partial charge >= 0.3 is 6.03 Å². The average Bonchev–Trinajstić information content (AvgIpc) is 2.80. The second-order valence-corrected chi connectivity index (χ2v) is 7.31. The van der Waals surface area contributed by atoms with Gasteiger partial charge in [-0.05, 0) is 58.4 Å². The van der Waals surface area contributed by atoms with Crippen LogP contribution in [0.4, 0.5) is 9.18 Å². The number of amides is 2. The van der Waals surface area contributed by atoms with E-state index in [-0.39, 0.29) is 17.1 Å². The van der Waals surface area contributed by atoms with Crippen molar-refractivity contribution in [2.24, 2.45) is 0 Å². The average molecular weight is 307 g/mol. The first-order valence-electron chi connectivity index (χ1n) is 8.12. The summed E-state index contributed by atoms with van der Waals surface area (Å²) < 4.78 is 14.0. The molecular weight excluding hydrogens is 281 g/mol. The maximum absolute atomic E-state index is 14.0. The molecule has 1 heterocycles. The van der Waals surface area contributed by atoms with Crippen molar-refractivity contribution >= 4 is 6.03 Å². The van der Waals surface area contributed by atoms with E-state index in [4.69, 9.17) is 0 Å². The van der Waals surface area contributed by atoms with E-state index in [0.717, 1.165) is 31.3 Å². The van der Waals surface area contributed by atoms with Crippen LogP contribution < -0.4 is 10.6 Å². The Morgan fingerprint density at radius 2 is 1.95 bits per heavy atom. The van der Waals surface area contributed by atoms with Gasteiger partial charge in [-0.15, -0.1) is 0 Å². The van der Waals surface area contributed by atoms with Crippen molar-refractivity contribution in [3.8, 4) is 0 Å². The summed E-state index contributed by atoms with van der Waals surface area (Å²) in [6, 6.07) is -0.0585. The van der Waals surface area contributed by atoms with E-state index in [9.17, 15) is 9.18 Å². The molecule has 1 saturated heterocycles. The molecule has 2 N–H and O–H groups in total. The minimum atomic E-state index is -0.874. The van der Waals surface area contributed by atoms with Crippen LogP contribution in [0.2, 0.25) is 0 Å². The summed E-state index contributed by atoms with van der Waals surface area (Å²) in [5.41, 5.74) is 2.03. The zero-order valence-corrected chi connectivity index (χ0v) is 13.7. The summed E-state index contributed by atoms with van der Waals surface area (Å²) >= 11 is 0. The van der Waals surface area contributed by atoms with Crippen molar-refractivity contribution in [2.45, 2.75) is 56.3 Å². The maximum atomic E-state index is 14.0. The number of alkyl halides is 1. The van der Waals surface area contributed by atoms with Gasteiger partial charge in [-0.1, -0.05) is 11.6 Å². The number of hydrogen-bond acceptors (Lipinski definition) is 2. The van der Waals surface area contributed by atoms with Crippen molar-refractivity contribution in [1.82, 2.24) is 15.5 Å². The molecule has 1 unspecified atom stereocenters. The van der Waals surface area contributed by atoms with Gasteiger partial charge in [0, 0.05) is 18.5 Å². The van der Waals surface area contributed by atoms with E-state index in [1.54, 1.807) is 6.08 Å². The van der Waals surface area contributed by atoms with E-state index in [0.29, 0.717) is 13.0 Å². The molecule has 1 spiro atoms. The number of halogens is 1. The molecule has 0 aromatic carbocycles. The Labute approximate surface area is 131 Å². The Morgan fingerprint density at radius 1 is 1.27 bits per heavy atom. The van der Waals surface area contributed by atoms with Crippen LogP contribution in [0.5, 0.6) is 0 Å². The molecule has 5 heteroatoms. The zero-order valence-electron chi connectivity index (χ0n) is 13.7. The summed E-state index contributed by atoms with van der Waals surface area (Å²) in [7, 11) is 4.18. The quantitative estimate of drug-likeness (QED) is 0.823. The third kappa shape index (κ3) is 2.56. The third-order valence-corrected chi connectivity index (χ3v) is 5.71. The molecule has 0 bridgehead atoms. The second-order valence-electron chi connectivity index (χ2n) is 7.31. The number of likely N-dealkylation sites (N-methyl/N-ethyl adjacent to an activating group) is 1. The Balaban J connectivity index is 1.83. The highest BCUT2D eigenvalue weighted by Crippen LogP contribution is 2.45. The fraction of sp³-hybridized carbons (Fsp3) is 0.706. The van der Waals surface area contributed by atoms with E-state index >= 15 is 0 Å². The molecule has 2 amide bonds. The molecular formula is C17H26FN3O. The Hall–Kier alpha value is -1.36. The summed E-state index contributed by atoms with van der Waals surface area (Å²) in [5.74, 6) is 0. The lowest BCUT2D eigenvalue weighted by atomic mass is 9.67. The van der Waals surface area contributed by atoms with Gasteiger partial charge in [0.25, 0.3) is 0 Å². The van der Waals surface area contributed by atoms with E-state index < -0.39 is 6.17 Å². The van der Waals surface area contributed by atoms with E-state index in [1.807, 2.05) is 6.92 Å². The van der Waals surface area contributed by atoms with Crippen LogP contribution in [0.15, 0.2) is 23.3 Å². The smallest absolute Gasteiger partial charge is 0.315 e. The molecule has 0 aromatic rings. The molecule has 3 aliphatic rings. The van der Waals surface area contributed by atoms with Crippen LogP contribution in [0, 0.1) is 0 Å². The largest absolute Gasteiger partial charge is 0.336 e. The van der Waals surface area contributed by atoms with Crippen molar-refractivity contribution in [3.05, 3.63) is 23.3 Å². The monoisotopic (exact) mass is 307 g/mol. The Kier molecular flexibility index (Phi) is 3.79. The van der Waals surface area contributed by atoms with Gasteiger partial charge in [0.1, 0.15) is 6.17 Å². The summed E-state index contributed by atoms with van der Waals surface area (Å²) in [6.45, 7) is 2.68. The van der Waals surface area contributed by atoms with Crippen LogP contribution in [0.25, 0.3) is 0 Å². The number of nitrogens with zero attached hydrogens (tertiary/aromatic N) is 1. The molecule has 1 atom stereocenters. The normalized spacial score (nSPS) is 38.6. The summed E-state index contributed by atoms with van der Waals surface area (Å²) in [5, 5.41) is 5.98. The number of hydrogen-bond donors (Lipinski definition) is 2. The standard InChI is InChI=1S/C17H26FN3O/c1-12-8-13(10-14(18)9-12)17(21(2)3)6-4-16(5-7-17)11-19-15(22)20-16/h8-9,14H,4-7,10-11H2,1-3H3,(H2,19,20,22). The van der Waals surface area contributed by atoms with Gasteiger partial charge in [-0.3, -0.25) is 4.90 Å². The predicted molar refractivity (Wildman–Crippen MR) is 85.5 cm³/mol. The van der Waals surface area contributed by atoms with Gasteiger partial charge in [-0.25, -0.2) is 9.18 Å². The van der Waals surface area contributed by atoms with Gasteiger partial charge in [0.05, 0.1) is 5.54 Å². The highest BCUT2D eigenvalue weighted by molar-refractivity contribution is 5.77. The first-order valence-corrected chi connectivity index (χ1v) is 8.12. The molecule has 22 heavy (non-hydrogen) atoms. The minimum Gasteiger partial charge on any atom is -0.336 e. The molecule has 1 aliphatic heterocycles. The number of carbonyl (C=O) groups excluding carboxylic acids is 1. The fourth-order valence-corrected chi connectivity index (χ4v) is 4.34. The van der Waals surface area contributed by atoms with Crippen molar-refractivity contribution in [3.63, 3.8) is 0 Å². The Morgan fingerprint density at radius 3 is 2.45 bits per heavy atom. The van der Waals surface area contributed by atoms with Gasteiger partial charge in [0.2, 0.25) is 0 Å². The molecule has 0 radical (unpaired) electrons. The van der Waals surface area contributed by atoms with Crippen LogP contribution >= 0.6 is 0 Å². The van der Waals surface area contributed by atoms with E-state index in [2.05, 4.69) is 35.7 Å². The predicted octanol–water partition coefficient (Wildman–Crippen LogP) is 2.53. The van der Waals surface area contributed by atoms with Crippen molar-refractivity contribution in [2.75, 3.05) is 20.6 Å². The van der Waals surface area contributed by atoms with Crippen LogP contribution in [-0.4, -0.2) is 48.8 Å². The fourth-order valence-electron chi connectivity index (χ4n) is 4.34. The minimum absolute atomic E-state index is 0.0585. The maximum Gasteiger partial charge on any atom is 0.315 e. The van der Waals surface area contributed by atoms with E-state index in [1.165, 1.54) is 5.57 Å². The highest BCUT2D eigenvalue weighted by Gasteiger charge is 2.48. The Bertz CT molecular complexity index is 530. The van der Waals surface area contributed by atoms with Crippen LogP contribution in [-0.2, 0) is 0 Å². The molecule has 1 saturated carbocycles. The third-order valence-electron chi connectivity index (χ3n) is 5.71. The first-order chi connectivity index (χ1) is 10.4. The molecule has 2 fully saturated rings. The number of nitrogens with one attached hydrogen (secondary N) is 2. The van der Waals surface area contributed by atoms with Crippen LogP contribution in [0.1, 0.15) is 39.0 Å². The van der Waals surface area contributed by atoms with Crippen molar-refractivity contribution in [1.29, 1.82) is 0 Å². The first kappa shape index (κ1) is 15.5.